The molecule has 39 heavy (non-hydrogen) atoms. The fraction of sp³-hybridized carbons (Fsp3) is 0.607. The van der Waals surface area contributed by atoms with Gasteiger partial charge in [-0.2, -0.15) is 0 Å². The fourth-order valence-electron chi connectivity index (χ4n) is 4.19. The van der Waals surface area contributed by atoms with Crippen LogP contribution in [0.15, 0.2) is 30.3 Å². The van der Waals surface area contributed by atoms with Crippen molar-refractivity contribution in [1.29, 1.82) is 0 Å². The molecule has 1 aliphatic heterocycles. The van der Waals surface area contributed by atoms with Gasteiger partial charge in [0.05, 0.1) is 64.2 Å². The first kappa shape index (κ1) is 30.9. The summed E-state index contributed by atoms with van der Waals surface area (Å²) in [5.74, 6) is -1.04. The van der Waals surface area contributed by atoms with E-state index in [1.165, 1.54) is 0 Å². The molecule has 0 unspecified atom stereocenters. The number of aromatic carboxylic acids is 1. The number of hydrogen-bond donors (Lipinski definition) is 2. The van der Waals surface area contributed by atoms with E-state index in [1.807, 2.05) is 38.1 Å². The Kier molecular flexibility index (Phi) is 14.1. The normalized spacial score (nSPS) is 18.2. The first-order chi connectivity index (χ1) is 19.0. The van der Waals surface area contributed by atoms with E-state index in [2.05, 4.69) is 25.1 Å². The van der Waals surface area contributed by atoms with E-state index in [1.54, 1.807) is 6.07 Å². The molecule has 2 aromatic rings. The van der Waals surface area contributed by atoms with Crippen LogP contribution in [0, 0.1) is 6.92 Å². The molecule has 0 amide bonds. The molecule has 0 saturated carbocycles. The van der Waals surface area contributed by atoms with Gasteiger partial charge in [-0.15, -0.1) is 0 Å². The van der Waals surface area contributed by atoms with E-state index in [0.717, 1.165) is 36.7 Å². The Balaban J connectivity index is 1.51. The highest BCUT2D eigenvalue weighted by atomic mass is 16.5. The zero-order valence-corrected chi connectivity index (χ0v) is 23.3. The van der Waals surface area contributed by atoms with E-state index in [4.69, 9.17) is 18.9 Å². The van der Waals surface area contributed by atoms with Crippen molar-refractivity contribution in [2.45, 2.75) is 26.9 Å². The lowest BCUT2D eigenvalue weighted by Gasteiger charge is -2.23. The van der Waals surface area contributed by atoms with E-state index in [9.17, 15) is 9.90 Å². The number of carboxylic acids is 1. The second-order valence-electron chi connectivity index (χ2n) is 9.34. The molecule has 3 heterocycles. The summed E-state index contributed by atoms with van der Waals surface area (Å²) in [4.78, 5) is 25.0. The predicted molar refractivity (Wildman–Crippen MR) is 148 cm³/mol. The summed E-state index contributed by atoms with van der Waals surface area (Å²) in [5, 5.41) is 12.6. The van der Waals surface area contributed by atoms with E-state index in [0.29, 0.717) is 84.7 Å². The summed E-state index contributed by atoms with van der Waals surface area (Å²) in [7, 11) is 0. The maximum absolute atomic E-state index is 11.6. The van der Waals surface area contributed by atoms with Gasteiger partial charge in [0.2, 0.25) is 0 Å². The van der Waals surface area contributed by atoms with Gasteiger partial charge >= 0.3 is 5.97 Å². The number of rotatable bonds is 7. The smallest absolute Gasteiger partial charge is 0.354 e. The lowest BCUT2D eigenvalue weighted by atomic mass is 10.2. The Morgan fingerprint density at radius 1 is 0.821 bits per heavy atom. The topological polar surface area (TPSA) is 119 Å². The van der Waals surface area contributed by atoms with Crippen molar-refractivity contribution in [1.82, 2.24) is 19.8 Å². The highest BCUT2D eigenvalue weighted by molar-refractivity contribution is 5.86. The molecule has 11 nitrogen and oxygen atoms in total. The van der Waals surface area contributed by atoms with Gasteiger partial charge in [0.1, 0.15) is 0 Å². The molecule has 3 rings (SSSR count). The number of carboxylic acid groups (broad SMARTS) is 1. The molecule has 1 saturated heterocycles. The SMILES string of the molecule is CCNc1cc(CN2CCOCCOCCN(Cc3cccc(C)n3)CCOCCOCC2)nc(C(=O)O)c1. The standard InChI is InChI=1S/C28H43N5O6/c1-3-29-25-19-26(31-27(20-25)28(34)35)22-33-9-13-38-17-15-36-11-7-32(8-12-37-16-18-39-14-10-33)21-24-6-4-5-23(2)30-24/h4-6,19-20H,3,7-18,21-22H2,1-2H3,(H,29,31)(H,34,35). The number of aryl methyl sites for hydroxylation is 1. The van der Waals surface area contributed by atoms with E-state index >= 15 is 0 Å². The quantitative estimate of drug-likeness (QED) is 0.533. The summed E-state index contributed by atoms with van der Waals surface area (Å²) in [6.45, 7) is 13.1. The molecule has 0 bridgehead atoms. The van der Waals surface area contributed by atoms with Gasteiger partial charge in [0.25, 0.3) is 0 Å². The van der Waals surface area contributed by atoms with Crippen LogP contribution in [0.2, 0.25) is 0 Å². The fourth-order valence-corrected chi connectivity index (χ4v) is 4.19. The molecule has 2 aromatic heterocycles. The van der Waals surface area contributed by atoms with Gasteiger partial charge in [-0.25, -0.2) is 9.78 Å². The average Bonchev–Trinajstić information content (AvgIpc) is 2.90. The van der Waals surface area contributed by atoms with Gasteiger partial charge < -0.3 is 29.4 Å². The number of carbonyl (C=O) groups is 1. The Bertz CT molecular complexity index is 975. The lowest BCUT2D eigenvalue weighted by molar-refractivity contribution is 0.00598. The minimum atomic E-state index is -1.04. The van der Waals surface area contributed by atoms with Gasteiger partial charge in [0.15, 0.2) is 5.69 Å². The molecule has 0 aliphatic carbocycles. The Labute approximate surface area is 231 Å². The minimum absolute atomic E-state index is 0.0281. The van der Waals surface area contributed by atoms with Crippen LogP contribution in [0.5, 0.6) is 0 Å². The molecule has 0 atom stereocenters. The molecule has 1 fully saturated rings. The molecule has 11 heteroatoms. The second kappa shape index (κ2) is 17.8. The molecule has 1 aliphatic rings. The van der Waals surface area contributed by atoms with Crippen LogP contribution in [-0.2, 0) is 32.0 Å². The van der Waals surface area contributed by atoms with Crippen LogP contribution in [-0.4, -0.2) is 116 Å². The predicted octanol–water partition coefficient (Wildman–Crippen LogP) is 2.30. The third-order valence-corrected chi connectivity index (χ3v) is 6.15. The largest absolute Gasteiger partial charge is 0.477 e. The number of nitrogens with zero attached hydrogens (tertiary/aromatic N) is 4. The third-order valence-electron chi connectivity index (χ3n) is 6.15. The molecule has 2 N–H and O–H groups in total. The van der Waals surface area contributed by atoms with Gasteiger partial charge in [-0.05, 0) is 38.1 Å². The highest BCUT2D eigenvalue weighted by Gasteiger charge is 2.13. The summed E-state index contributed by atoms with van der Waals surface area (Å²) in [6, 6.07) is 9.53. The molecular weight excluding hydrogens is 502 g/mol. The first-order valence-corrected chi connectivity index (χ1v) is 13.7. The number of anilines is 1. The van der Waals surface area contributed by atoms with Crippen molar-refractivity contribution in [2.24, 2.45) is 0 Å². The Hall–Kier alpha value is -2.67. The minimum Gasteiger partial charge on any atom is -0.477 e. The summed E-state index contributed by atoms with van der Waals surface area (Å²) >= 11 is 0. The number of nitrogens with one attached hydrogen (secondary N) is 1. The summed E-state index contributed by atoms with van der Waals surface area (Å²) in [5.41, 5.74) is 3.51. The number of aromatic nitrogens is 2. The van der Waals surface area contributed by atoms with Crippen LogP contribution in [0.25, 0.3) is 0 Å². The first-order valence-electron chi connectivity index (χ1n) is 13.7. The van der Waals surface area contributed by atoms with Crippen LogP contribution < -0.4 is 5.32 Å². The monoisotopic (exact) mass is 545 g/mol. The van der Waals surface area contributed by atoms with Crippen molar-refractivity contribution < 1.29 is 28.8 Å². The second-order valence-corrected chi connectivity index (χ2v) is 9.34. The van der Waals surface area contributed by atoms with Crippen molar-refractivity contribution in [3.8, 4) is 0 Å². The average molecular weight is 546 g/mol. The highest BCUT2D eigenvalue weighted by Crippen LogP contribution is 2.14. The zero-order chi connectivity index (χ0) is 27.7. The van der Waals surface area contributed by atoms with Gasteiger partial charge in [-0.3, -0.25) is 14.8 Å². The van der Waals surface area contributed by atoms with Crippen molar-refractivity contribution in [3.05, 3.63) is 53.1 Å². The number of hydrogen-bond acceptors (Lipinski definition) is 10. The molecule has 0 aromatic carbocycles. The van der Waals surface area contributed by atoms with Crippen LogP contribution in [0.3, 0.4) is 0 Å². The van der Waals surface area contributed by atoms with E-state index < -0.39 is 5.97 Å². The Morgan fingerprint density at radius 2 is 1.36 bits per heavy atom. The third kappa shape index (κ3) is 12.4. The molecule has 0 spiro atoms. The number of ether oxygens (including phenoxy) is 4. The molecular formula is C28H43N5O6. The summed E-state index contributed by atoms with van der Waals surface area (Å²) < 4.78 is 23.3. The zero-order valence-electron chi connectivity index (χ0n) is 23.3. The maximum atomic E-state index is 11.6. The van der Waals surface area contributed by atoms with Gasteiger partial charge in [-0.1, -0.05) is 6.07 Å². The molecule has 216 valence electrons. The lowest BCUT2D eigenvalue weighted by Crippen LogP contribution is -2.33. The molecule has 0 radical (unpaired) electrons. The number of pyridine rings is 2. The van der Waals surface area contributed by atoms with Crippen molar-refractivity contribution in [3.63, 3.8) is 0 Å². The van der Waals surface area contributed by atoms with E-state index in [-0.39, 0.29) is 5.69 Å². The van der Waals surface area contributed by atoms with Gasteiger partial charge in [0, 0.05) is 57.2 Å². The van der Waals surface area contributed by atoms with Crippen LogP contribution in [0.1, 0.15) is 34.5 Å². The van der Waals surface area contributed by atoms with Crippen LogP contribution >= 0.6 is 0 Å². The van der Waals surface area contributed by atoms with Crippen molar-refractivity contribution >= 4 is 11.7 Å². The maximum Gasteiger partial charge on any atom is 0.354 e. The summed E-state index contributed by atoms with van der Waals surface area (Å²) in [6.07, 6.45) is 0. The van der Waals surface area contributed by atoms with Crippen molar-refractivity contribution in [2.75, 3.05) is 90.9 Å². The van der Waals surface area contributed by atoms with Crippen LogP contribution in [0.4, 0.5) is 5.69 Å². The Morgan fingerprint density at radius 3 is 1.85 bits per heavy atom.